The second-order valence-electron chi connectivity index (χ2n) is 6.47. The lowest BCUT2D eigenvalue weighted by Gasteiger charge is -2.32. The fourth-order valence-electron chi connectivity index (χ4n) is 2.80. The van der Waals surface area contributed by atoms with E-state index in [1.807, 2.05) is 56.0 Å². The Morgan fingerprint density at radius 2 is 1.83 bits per heavy atom. The monoisotopic (exact) mass is 317 g/mol. The van der Waals surface area contributed by atoms with Gasteiger partial charge in [-0.15, -0.1) is 0 Å². The molecular weight excluding hydrogens is 290 g/mol. The van der Waals surface area contributed by atoms with Crippen molar-refractivity contribution < 1.29 is 14.6 Å². The first-order valence-electron chi connectivity index (χ1n) is 8.37. The van der Waals surface area contributed by atoms with Gasteiger partial charge in [0.25, 0.3) is 0 Å². The number of amides is 1. The standard InChI is InChI=1S/C19H27NO3/c1-14(2)23-18-7-4-16(5-8-18)6-9-19(22)20-12-10-17(11-13-20)15(3)21/h4-9,14-15,17,21H,10-13H2,1-3H3. The van der Waals surface area contributed by atoms with Crippen LogP contribution in [0.5, 0.6) is 5.75 Å². The Hall–Kier alpha value is -1.81. The Morgan fingerprint density at radius 3 is 2.35 bits per heavy atom. The van der Waals surface area contributed by atoms with Gasteiger partial charge >= 0.3 is 0 Å². The van der Waals surface area contributed by atoms with Gasteiger partial charge in [-0.3, -0.25) is 4.79 Å². The largest absolute Gasteiger partial charge is 0.491 e. The molecule has 1 aliphatic heterocycles. The van der Waals surface area contributed by atoms with Gasteiger partial charge in [0, 0.05) is 19.2 Å². The molecule has 4 nitrogen and oxygen atoms in total. The van der Waals surface area contributed by atoms with Crippen molar-refractivity contribution in [3.05, 3.63) is 35.9 Å². The molecule has 0 aromatic heterocycles. The van der Waals surface area contributed by atoms with Crippen molar-refractivity contribution in [1.29, 1.82) is 0 Å². The topological polar surface area (TPSA) is 49.8 Å². The molecule has 1 aromatic carbocycles. The summed E-state index contributed by atoms with van der Waals surface area (Å²) in [5.41, 5.74) is 0.980. The predicted octanol–water partition coefficient (Wildman–Crippen LogP) is 3.11. The molecule has 1 fully saturated rings. The predicted molar refractivity (Wildman–Crippen MR) is 92.2 cm³/mol. The zero-order valence-electron chi connectivity index (χ0n) is 14.2. The van der Waals surface area contributed by atoms with Crippen molar-refractivity contribution in [3.8, 4) is 5.75 Å². The van der Waals surface area contributed by atoms with Crippen molar-refractivity contribution in [2.75, 3.05) is 13.1 Å². The summed E-state index contributed by atoms with van der Waals surface area (Å²) in [6.07, 6.45) is 5.08. The number of aliphatic hydroxyl groups is 1. The summed E-state index contributed by atoms with van der Waals surface area (Å²) in [5.74, 6) is 1.19. The number of nitrogens with zero attached hydrogens (tertiary/aromatic N) is 1. The highest BCUT2D eigenvalue weighted by Gasteiger charge is 2.24. The SMILES string of the molecule is CC(C)Oc1ccc(C=CC(=O)N2CCC(C(C)O)CC2)cc1. The third-order valence-electron chi connectivity index (χ3n) is 4.20. The summed E-state index contributed by atoms with van der Waals surface area (Å²) in [6, 6.07) is 7.72. The van der Waals surface area contributed by atoms with Gasteiger partial charge < -0.3 is 14.7 Å². The van der Waals surface area contributed by atoms with Crippen LogP contribution < -0.4 is 4.74 Å². The molecule has 2 rings (SSSR count). The third-order valence-corrected chi connectivity index (χ3v) is 4.20. The van der Waals surface area contributed by atoms with Crippen LogP contribution in [0.15, 0.2) is 30.3 Å². The minimum atomic E-state index is -0.283. The number of likely N-dealkylation sites (tertiary alicyclic amines) is 1. The van der Waals surface area contributed by atoms with Gasteiger partial charge in [0.1, 0.15) is 5.75 Å². The first kappa shape index (κ1) is 17.5. The number of rotatable bonds is 5. The lowest BCUT2D eigenvalue weighted by atomic mass is 9.92. The van der Waals surface area contributed by atoms with Gasteiger partial charge in [-0.25, -0.2) is 0 Å². The molecule has 1 atom stereocenters. The van der Waals surface area contributed by atoms with Crippen LogP contribution in [0.2, 0.25) is 0 Å². The van der Waals surface area contributed by atoms with Crippen LogP contribution in [-0.2, 0) is 4.79 Å². The molecule has 0 saturated carbocycles. The molecule has 4 heteroatoms. The van der Waals surface area contributed by atoms with Crippen LogP contribution in [0.25, 0.3) is 6.08 Å². The van der Waals surface area contributed by atoms with Gasteiger partial charge in [-0.1, -0.05) is 12.1 Å². The zero-order chi connectivity index (χ0) is 16.8. The smallest absolute Gasteiger partial charge is 0.246 e. The molecule has 1 saturated heterocycles. The van der Waals surface area contributed by atoms with E-state index in [1.54, 1.807) is 6.08 Å². The van der Waals surface area contributed by atoms with E-state index in [0.29, 0.717) is 5.92 Å². The third kappa shape index (κ3) is 5.39. The maximum atomic E-state index is 12.2. The Morgan fingerprint density at radius 1 is 1.22 bits per heavy atom. The number of hydrogen-bond acceptors (Lipinski definition) is 3. The Labute approximate surface area is 138 Å². The molecule has 1 N–H and O–H groups in total. The number of piperidine rings is 1. The average Bonchev–Trinajstić information content (AvgIpc) is 2.53. The summed E-state index contributed by atoms with van der Waals surface area (Å²) in [4.78, 5) is 14.1. The van der Waals surface area contributed by atoms with Crippen LogP contribution in [-0.4, -0.2) is 41.2 Å². The number of carbonyl (C=O) groups excluding carboxylic acids is 1. The maximum Gasteiger partial charge on any atom is 0.246 e. The van der Waals surface area contributed by atoms with Gasteiger partial charge in [-0.2, -0.15) is 0 Å². The van der Waals surface area contributed by atoms with Crippen LogP contribution >= 0.6 is 0 Å². The van der Waals surface area contributed by atoms with Crippen molar-refractivity contribution in [1.82, 2.24) is 4.90 Å². The fraction of sp³-hybridized carbons (Fsp3) is 0.526. The fourth-order valence-corrected chi connectivity index (χ4v) is 2.80. The summed E-state index contributed by atoms with van der Waals surface area (Å²) in [5, 5.41) is 9.60. The average molecular weight is 317 g/mol. The van der Waals surface area contributed by atoms with Crippen LogP contribution in [0.4, 0.5) is 0 Å². The van der Waals surface area contributed by atoms with E-state index in [4.69, 9.17) is 4.74 Å². The molecule has 1 heterocycles. The Balaban J connectivity index is 1.86. The van der Waals surface area contributed by atoms with Gasteiger partial charge in [0.2, 0.25) is 5.91 Å². The number of carbonyl (C=O) groups is 1. The zero-order valence-corrected chi connectivity index (χ0v) is 14.2. The van der Waals surface area contributed by atoms with E-state index in [-0.39, 0.29) is 18.1 Å². The van der Waals surface area contributed by atoms with Gasteiger partial charge in [-0.05, 0) is 63.3 Å². The van der Waals surface area contributed by atoms with Crippen LogP contribution in [0.3, 0.4) is 0 Å². The maximum absolute atomic E-state index is 12.2. The highest BCUT2D eigenvalue weighted by atomic mass is 16.5. The van der Waals surface area contributed by atoms with Gasteiger partial charge in [0.05, 0.1) is 12.2 Å². The van der Waals surface area contributed by atoms with E-state index < -0.39 is 0 Å². The van der Waals surface area contributed by atoms with E-state index in [2.05, 4.69) is 0 Å². The molecule has 0 bridgehead atoms. The lowest BCUT2D eigenvalue weighted by molar-refractivity contribution is -0.127. The first-order valence-corrected chi connectivity index (χ1v) is 8.37. The molecular formula is C19H27NO3. The van der Waals surface area contributed by atoms with Crippen molar-refractivity contribution in [2.24, 2.45) is 5.92 Å². The van der Waals surface area contributed by atoms with E-state index >= 15 is 0 Å². The van der Waals surface area contributed by atoms with E-state index in [9.17, 15) is 9.90 Å². The molecule has 1 aliphatic rings. The minimum absolute atomic E-state index is 0.0385. The second kappa shape index (κ2) is 8.16. The molecule has 1 aromatic rings. The molecule has 1 amide bonds. The highest BCUT2D eigenvalue weighted by Crippen LogP contribution is 2.21. The molecule has 1 unspecified atom stereocenters. The summed E-state index contributed by atoms with van der Waals surface area (Å²) < 4.78 is 5.60. The molecule has 0 radical (unpaired) electrons. The van der Waals surface area contributed by atoms with Crippen molar-refractivity contribution >= 4 is 12.0 Å². The Bertz CT molecular complexity index is 526. The number of ether oxygens (including phenoxy) is 1. The van der Waals surface area contributed by atoms with E-state index in [1.165, 1.54) is 0 Å². The quantitative estimate of drug-likeness (QED) is 0.849. The molecule has 0 aliphatic carbocycles. The van der Waals surface area contributed by atoms with E-state index in [0.717, 1.165) is 37.2 Å². The van der Waals surface area contributed by atoms with Crippen molar-refractivity contribution in [3.63, 3.8) is 0 Å². The Kier molecular flexibility index (Phi) is 6.22. The number of benzene rings is 1. The summed E-state index contributed by atoms with van der Waals surface area (Å²) >= 11 is 0. The second-order valence-corrected chi connectivity index (χ2v) is 6.47. The van der Waals surface area contributed by atoms with Crippen LogP contribution in [0, 0.1) is 5.92 Å². The van der Waals surface area contributed by atoms with Gasteiger partial charge in [0.15, 0.2) is 0 Å². The normalized spacial score (nSPS) is 17.7. The number of aliphatic hydroxyl groups excluding tert-OH is 1. The summed E-state index contributed by atoms with van der Waals surface area (Å²) in [6.45, 7) is 7.26. The van der Waals surface area contributed by atoms with Crippen molar-refractivity contribution in [2.45, 2.75) is 45.8 Å². The molecule has 126 valence electrons. The van der Waals surface area contributed by atoms with Crippen LogP contribution in [0.1, 0.15) is 39.2 Å². The lowest BCUT2D eigenvalue weighted by Crippen LogP contribution is -2.39. The minimum Gasteiger partial charge on any atom is -0.491 e. The molecule has 23 heavy (non-hydrogen) atoms. The number of hydrogen-bond donors (Lipinski definition) is 1. The molecule has 0 spiro atoms. The first-order chi connectivity index (χ1) is 11.0. The summed E-state index contributed by atoms with van der Waals surface area (Å²) in [7, 11) is 0. The highest BCUT2D eigenvalue weighted by molar-refractivity contribution is 5.91.